The highest BCUT2D eigenvalue weighted by atomic mass is 35.5. The molecule has 0 saturated heterocycles. The zero-order valence-corrected chi connectivity index (χ0v) is 19.3. The molecule has 0 fully saturated rings. The van der Waals surface area contributed by atoms with Gasteiger partial charge in [0.1, 0.15) is 23.9 Å². The summed E-state index contributed by atoms with van der Waals surface area (Å²) in [4.78, 5) is 0. The fourth-order valence-electron chi connectivity index (χ4n) is 3.14. The van der Waals surface area contributed by atoms with Gasteiger partial charge in [-0.05, 0) is 54.7 Å². The van der Waals surface area contributed by atoms with Gasteiger partial charge in [0.25, 0.3) is 0 Å². The van der Waals surface area contributed by atoms with Crippen LogP contribution in [0, 0.1) is 0 Å². The lowest BCUT2D eigenvalue weighted by Gasteiger charge is -2.24. The maximum absolute atomic E-state index is 9.29. The number of aliphatic hydroxyl groups is 2. The Balaban J connectivity index is 0.00000363. The molecule has 0 amide bonds. The summed E-state index contributed by atoms with van der Waals surface area (Å²) in [5.41, 5.74) is 7.02. The van der Waals surface area contributed by atoms with Gasteiger partial charge in [0.2, 0.25) is 0 Å². The van der Waals surface area contributed by atoms with E-state index in [0.29, 0.717) is 42.4 Å². The minimum absolute atomic E-state index is 0. The number of nitrogens with two attached hydrogens (primary N) is 1. The van der Waals surface area contributed by atoms with Crippen LogP contribution < -0.4 is 15.2 Å². The van der Waals surface area contributed by atoms with Crippen molar-refractivity contribution in [2.75, 3.05) is 13.2 Å². The lowest BCUT2D eigenvalue weighted by molar-refractivity contribution is 0.113. The second-order valence-electron chi connectivity index (χ2n) is 7.64. The summed E-state index contributed by atoms with van der Waals surface area (Å²) in [5, 5.41) is 19.2. The van der Waals surface area contributed by atoms with Crippen molar-refractivity contribution in [2.45, 2.75) is 31.4 Å². The Morgan fingerprint density at radius 2 is 1.53 bits per heavy atom. The summed E-state index contributed by atoms with van der Waals surface area (Å²) in [6, 6.07) is 23.0. The average molecular weight is 478 g/mol. The van der Waals surface area contributed by atoms with Gasteiger partial charge in [-0.15, -0.1) is 12.4 Å². The van der Waals surface area contributed by atoms with Crippen molar-refractivity contribution >= 4 is 24.0 Å². The molecule has 0 aliphatic heterocycles. The Morgan fingerprint density at radius 3 is 2.22 bits per heavy atom. The molecule has 4 N–H and O–H groups in total. The fraction of sp³-hybridized carbons (Fsp3) is 0.280. The summed E-state index contributed by atoms with van der Waals surface area (Å²) in [6.07, 6.45) is 1.91. The van der Waals surface area contributed by atoms with Gasteiger partial charge in [0.05, 0.1) is 18.8 Å². The molecular weight excluding hydrogens is 449 g/mol. The number of ether oxygens (including phenoxy) is 2. The van der Waals surface area contributed by atoms with Gasteiger partial charge in [-0.2, -0.15) is 0 Å². The number of hydrogen-bond acceptors (Lipinski definition) is 5. The second-order valence-corrected chi connectivity index (χ2v) is 8.04. The monoisotopic (exact) mass is 477 g/mol. The molecule has 0 spiro atoms. The molecule has 0 atom stereocenters. The SMILES string of the molecule is Cl.NC(CO)(CO)CCCc1ccc(Oc2cccc(OCc3ccccc3)c2)cc1Cl. The van der Waals surface area contributed by atoms with E-state index in [0.717, 1.165) is 16.9 Å². The third kappa shape index (κ3) is 7.69. The third-order valence-electron chi connectivity index (χ3n) is 5.06. The quantitative estimate of drug-likeness (QED) is 0.356. The van der Waals surface area contributed by atoms with Crippen molar-refractivity contribution in [2.24, 2.45) is 5.73 Å². The van der Waals surface area contributed by atoms with Crippen molar-refractivity contribution in [3.05, 3.63) is 88.9 Å². The largest absolute Gasteiger partial charge is 0.489 e. The lowest BCUT2D eigenvalue weighted by atomic mass is 9.94. The van der Waals surface area contributed by atoms with E-state index in [1.807, 2.05) is 66.7 Å². The summed E-state index contributed by atoms with van der Waals surface area (Å²) in [5.74, 6) is 2.02. The minimum Gasteiger partial charge on any atom is -0.489 e. The van der Waals surface area contributed by atoms with Crippen molar-refractivity contribution < 1.29 is 19.7 Å². The summed E-state index contributed by atoms with van der Waals surface area (Å²) in [6.45, 7) is -0.0161. The molecule has 3 aromatic carbocycles. The van der Waals surface area contributed by atoms with Gasteiger partial charge in [-0.1, -0.05) is 54.1 Å². The number of aryl methyl sites for hydroxylation is 1. The van der Waals surface area contributed by atoms with Crippen molar-refractivity contribution in [3.8, 4) is 17.2 Å². The highest BCUT2D eigenvalue weighted by molar-refractivity contribution is 6.31. The smallest absolute Gasteiger partial charge is 0.131 e. The van der Waals surface area contributed by atoms with Gasteiger partial charge in [-0.25, -0.2) is 0 Å². The van der Waals surface area contributed by atoms with Gasteiger partial charge in [0, 0.05) is 11.1 Å². The number of aliphatic hydroxyl groups excluding tert-OH is 2. The molecule has 7 heteroatoms. The third-order valence-corrected chi connectivity index (χ3v) is 5.42. The predicted molar refractivity (Wildman–Crippen MR) is 130 cm³/mol. The molecule has 32 heavy (non-hydrogen) atoms. The topological polar surface area (TPSA) is 84.9 Å². The van der Waals surface area contributed by atoms with E-state index in [4.69, 9.17) is 26.8 Å². The first-order chi connectivity index (χ1) is 15.0. The van der Waals surface area contributed by atoms with E-state index in [9.17, 15) is 10.2 Å². The maximum Gasteiger partial charge on any atom is 0.131 e. The van der Waals surface area contributed by atoms with Crippen molar-refractivity contribution in [1.82, 2.24) is 0 Å². The van der Waals surface area contributed by atoms with Crippen LogP contribution in [0.2, 0.25) is 5.02 Å². The standard InChI is InChI=1S/C25H28ClNO4.ClH/c26-24-15-23(12-11-20(24)8-5-13-25(27,17-28)18-29)31-22-10-4-9-21(14-22)30-16-19-6-2-1-3-7-19;/h1-4,6-7,9-12,14-15,28-29H,5,8,13,16-18,27H2;1H. The molecule has 0 aliphatic carbocycles. The molecule has 0 aliphatic rings. The average Bonchev–Trinajstić information content (AvgIpc) is 2.80. The van der Waals surface area contributed by atoms with Crippen LogP contribution in [-0.4, -0.2) is 29.0 Å². The molecule has 3 aromatic rings. The van der Waals surface area contributed by atoms with Crippen LogP contribution in [0.5, 0.6) is 17.2 Å². The van der Waals surface area contributed by atoms with Crippen LogP contribution in [0.3, 0.4) is 0 Å². The molecule has 5 nitrogen and oxygen atoms in total. The molecule has 0 unspecified atom stereocenters. The van der Waals surface area contributed by atoms with Gasteiger partial charge >= 0.3 is 0 Å². The van der Waals surface area contributed by atoms with Crippen LogP contribution >= 0.6 is 24.0 Å². The number of halogens is 2. The normalized spacial score (nSPS) is 11.0. The predicted octanol–water partition coefficient (Wildman–Crippen LogP) is 5.14. The number of hydrogen-bond donors (Lipinski definition) is 3. The first-order valence-electron chi connectivity index (χ1n) is 10.2. The van der Waals surface area contributed by atoms with Crippen molar-refractivity contribution in [3.63, 3.8) is 0 Å². The maximum atomic E-state index is 9.29. The van der Waals surface area contributed by atoms with Gasteiger partial charge in [0.15, 0.2) is 0 Å². The van der Waals surface area contributed by atoms with Crippen LogP contribution in [0.15, 0.2) is 72.8 Å². The summed E-state index contributed by atoms with van der Waals surface area (Å²) >= 11 is 6.43. The van der Waals surface area contributed by atoms with Gasteiger partial charge < -0.3 is 25.4 Å². The molecule has 0 radical (unpaired) electrons. The highest BCUT2D eigenvalue weighted by Gasteiger charge is 2.22. The highest BCUT2D eigenvalue weighted by Crippen LogP contribution is 2.30. The first-order valence-corrected chi connectivity index (χ1v) is 10.6. The molecule has 0 aromatic heterocycles. The van der Waals surface area contributed by atoms with Gasteiger partial charge in [-0.3, -0.25) is 0 Å². The zero-order valence-electron chi connectivity index (χ0n) is 17.7. The molecule has 0 bridgehead atoms. The van der Waals surface area contributed by atoms with Crippen molar-refractivity contribution in [1.29, 1.82) is 0 Å². The van der Waals surface area contributed by atoms with E-state index >= 15 is 0 Å². The number of benzene rings is 3. The Kier molecular flexibility index (Phi) is 10.3. The fourth-order valence-corrected chi connectivity index (χ4v) is 3.40. The summed E-state index contributed by atoms with van der Waals surface area (Å²) < 4.78 is 11.8. The zero-order chi connectivity index (χ0) is 22.1. The van der Waals surface area contributed by atoms with Crippen LogP contribution in [-0.2, 0) is 13.0 Å². The van der Waals surface area contributed by atoms with Crippen LogP contribution in [0.1, 0.15) is 24.0 Å². The van der Waals surface area contributed by atoms with E-state index in [1.165, 1.54) is 0 Å². The van der Waals surface area contributed by atoms with Crippen LogP contribution in [0.25, 0.3) is 0 Å². The van der Waals surface area contributed by atoms with Crippen LogP contribution in [0.4, 0.5) is 0 Å². The van der Waals surface area contributed by atoms with E-state index in [1.54, 1.807) is 6.07 Å². The minimum atomic E-state index is -0.955. The van der Waals surface area contributed by atoms with E-state index in [-0.39, 0.29) is 25.6 Å². The molecule has 0 heterocycles. The second kappa shape index (κ2) is 12.7. The molecule has 172 valence electrons. The Morgan fingerprint density at radius 1 is 0.844 bits per heavy atom. The Hall–Kier alpha value is -2.28. The Labute approximate surface area is 200 Å². The lowest BCUT2D eigenvalue weighted by Crippen LogP contribution is -2.47. The summed E-state index contributed by atoms with van der Waals surface area (Å²) in [7, 11) is 0. The molecule has 0 saturated carbocycles. The Bertz CT molecular complexity index is 965. The first kappa shape index (κ1) is 26.0. The van der Waals surface area contributed by atoms with E-state index < -0.39 is 5.54 Å². The van der Waals surface area contributed by atoms with E-state index in [2.05, 4.69) is 0 Å². The molecular formula is C25H29Cl2NO4. The molecule has 3 rings (SSSR count). The number of rotatable bonds is 11.